The minimum absolute atomic E-state index is 0.0387. The summed E-state index contributed by atoms with van der Waals surface area (Å²) in [7, 11) is -0.297. The van der Waals surface area contributed by atoms with E-state index < -0.39 is 51.0 Å². The zero-order valence-electron chi connectivity index (χ0n) is 27.7. The van der Waals surface area contributed by atoms with Crippen LogP contribution in [0.5, 0.6) is 0 Å². The van der Waals surface area contributed by atoms with Gasteiger partial charge >= 0.3 is 11.9 Å². The average molecular weight is 698 g/mol. The van der Waals surface area contributed by atoms with Gasteiger partial charge in [-0.3, -0.25) is 19.4 Å². The van der Waals surface area contributed by atoms with Crippen molar-refractivity contribution in [2.24, 2.45) is 4.99 Å². The van der Waals surface area contributed by atoms with E-state index in [0.717, 1.165) is 11.1 Å². The van der Waals surface area contributed by atoms with Crippen LogP contribution < -0.4 is 20.8 Å². The number of esters is 2. The molecule has 2 aromatic rings. The van der Waals surface area contributed by atoms with Crippen molar-refractivity contribution in [2.45, 2.75) is 77.9 Å². The number of rotatable bonds is 17. The van der Waals surface area contributed by atoms with Gasteiger partial charge in [0.25, 0.3) is 0 Å². The molecular formula is C32H46F2N5O8P. The second-order valence-electron chi connectivity index (χ2n) is 9.78. The van der Waals surface area contributed by atoms with E-state index in [9.17, 15) is 18.8 Å². The number of nitrogens with zero attached hydrogens (tertiary/aromatic N) is 1. The Balaban J connectivity index is 0.00000277. The number of alkyl halides is 1. The Morgan fingerprint density at radius 1 is 0.979 bits per heavy atom. The molecule has 266 valence electrons. The fourth-order valence-electron chi connectivity index (χ4n) is 3.89. The van der Waals surface area contributed by atoms with Gasteiger partial charge < -0.3 is 29.4 Å². The molecule has 1 aliphatic heterocycles. The number of hydrogen-bond acceptors (Lipinski definition) is 11. The lowest BCUT2D eigenvalue weighted by Gasteiger charge is -2.26. The zero-order chi connectivity index (χ0) is 35.7. The number of halogens is 2. The summed E-state index contributed by atoms with van der Waals surface area (Å²) in [5.74, 6) is -0.718. The molecule has 1 aliphatic rings. The number of aliphatic imine (C=N–C) groups is 1. The molecular weight excluding hydrogens is 651 g/mol. The maximum Gasteiger partial charge on any atom is 0.323 e. The topological polar surface area (TPSA) is 169 Å². The number of carbonyl (C=O) groups excluding carboxylic acids is 3. The van der Waals surface area contributed by atoms with Crippen molar-refractivity contribution in [1.82, 2.24) is 20.8 Å². The van der Waals surface area contributed by atoms with Crippen LogP contribution in [0.25, 0.3) is 0 Å². The Morgan fingerprint density at radius 2 is 1.48 bits per heavy atom. The fourth-order valence-corrected chi connectivity index (χ4v) is 5.34. The minimum Gasteiger partial charge on any atom is -0.460 e. The molecule has 0 bridgehead atoms. The van der Waals surface area contributed by atoms with Crippen molar-refractivity contribution in [3.8, 4) is 0 Å². The van der Waals surface area contributed by atoms with E-state index in [1.165, 1.54) is 19.3 Å². The largest absolute Gasteiger partial charge is 0.460 e. The Labute approximate surface area is 281 Å². The first kappa shape index (κ1) is 42.2. The Hall–Kier alpha value is -3.85. The second kappa shape index (κ2) is 25.2. The van der Waals surface area contributed by atoms with Gasteiger partial charge in [-0.05, 0) is 31.1 Å². The highest BCUT2D eigenvalue weighted by molar-refractivity contribution is 7.48. The van der Waals surface area contributed by atoms with Crippen molar-refractivity contribution >= 4 is 32.6 Å². The van der Waals surface area contributed by atoms with E-state index in [4.69, 9.17) is 28.6 Å². The predicted octanol–water partition coefficient (Wildman–Crippen LogP) is 3.89. The molecule has 1 saturated heterocycles. The summed E-state index contributed by atoms with van der Waals surface area (Å²) in [6.07, 6.45) is 0.373. The maximum absolute atomic E-state index is 14.8. The van der Waals surface area contributed by atoms with Crippen LogP contribution in [0, 0.1) is 0 Å². The number of nitrogens with one attached hydrogen (secondary N) is 4. The summed E-state index contributed by atoms with van der Waals surface area (Å²) < 4.78 is 46.0. The van der Waals surface area contributed by atoms with Gasteiger partial charge in [0.15, 0.2) is 14.7 Å². The number of benzene rings is 2. The molecule has 0 spiro atoms. The highest BCUT2D eigenvalue weighted by Gasteiger charge is 2.37. The summed E-state index contributed by atoms with van der Waals surface area (Å²) in [4.78, 5) is 39.9. The van der Waals surface area contributed by atoms with Crippen molar-refractivity contribution in [3.63, 3.8) is 0 Å². The molecule has 48 heavy (non-hydrogen) atoms. The summed E-state index contributed by atoms with van der Waals surface area (Å²) >= 11 is 0. The van der Waals surface area contributed by atoms with Crippen LogP contribution in [0.1, 0.15) is 45.2 Å². The lowest BCUT2D eigenvalue weighted by atomic mass is 10.2. The Bertz CT molecular complexity index is 1190. The van der Waals surface area contributed by atoms with Crippen LogP contribution in [0.2, 0.25) is 0 Å². The van der Waals surface area contributed by atoms with Gasteiger partial charge in [0.05, 0.1) is 12.7 Å². The first-order valence-corrected chi connectivity index (χ1v) is 16.5. The fraction of sp³-hybridized carbons (Fsp3) is 0.438. The van der Waals surface area contributed by atoms with E-state index in [2.05, 4.69) is 25.8 Å². The van der Waals surface area contributed by atoms with Gasteiger partial charge in [0.1, 0.15) is 37.3 Å². The number of ether oxygens (including phenoxy) is 3. The number of hydrogen-bond donors (Lipinski definition) is 5. The Morgan fingerprint density at radius 3 is 1.94 bits per heavy atom. The van der Waals surface area contributed by atoms with Gasteiger partial charge in [0, 0.05) is 19.7 Å². The van der Waals surface area contributed by atoms with E-state index >= 15 is 0 Å². The van der Waals surface area contributed by atoms with Gasteiger partial charge in [-0.2, -0.15) is 0 Å². The molecule has 0 saturated carbocycles. The molecule has 2 aromatic carbocycles. The van der Waals surface area contributed by atoms with Crippen LogP contribution in [0.4, 0.5) is 8.92 Å². The second-order valence-corrected chi connectivity index (χ2v) is 11.1. The average Bonchev–Trinajstić information content (AvgIpc) is 3.48. The first-order chi connectivity index (χ1) is 23.3. The quantitative estimate of drug-likeness (QED) is 0.0535. The van der Waals surface area contributed by atoms with E-state index in [1.54, 1.807) is 13.8 Å². The molecule has 0 aromatic heterocycles. The van der Waals surface area contributed by atoms with Crippen LogP contribution >= 0.6 is 8.45 Å². The highest BCUT2D eigenvalue weighted by atomic mass is 31.2. The smallest absolute Gasteiger partial charge is 0.323 e. The Kier molecular flexibility index (Phi) is 22.1. The monoisotopic (exact) mass is 697 g/mol. The molecule has 5 N–H and O–H groups in total. The third-order valence-electron chi connectivity index (χ3n) is 6.26. The van der Waals surface area contributed by atoms with Crippen molar-refractivity contribution < 1.29 is 47.3 Å². The standard InChI is InChI=1S/C30H39FN5O7P.C2H6.FHO/c1-21(29(38)40-17-23-10-6-4-7-11-23)35-44(36-22(2)30(39)41-18-24-12-8-5-9-13-24)42-19-25-16-26(31)28(43-25)34-27(32-3)14-15-33-20-37;2*1-2/h4-15,20-22,25-26,28,35-36H,16-19H2,1-3H3,(H,32,34)(H,33,37);1-2H3;2H/b15-14-;;. The van der Waals surface area contributed by atoms with Crippen molar-refractivity contribution in [3.05, 3.63) is 84.1 Å². The van der Waals surface area contributed by atoms with Gasteiger partial charge in [-0.25, -0.2) is 19.9 Å². The van der Waals surface area contributed by atoms with Gasteiger partial charge in [-0.15, -0.1) is 0 Å². The lowest BCUT2D eigenvalue weighted by molar-refractivity contribution is -0.147. The first-order valence-electron chi connectivity index (χ1n) is 15.2. The number of carbonyl (C=O) groups is 3. The summed E-state index contributed by atoms with van der Waals surface area (Å²) in [5, 5.41) is 16.8. The lowest BCUT2D eigenvalue weighted by Crippen LogP contribution is -2.41. The third kappa shape index (κ3) is 16.3. The maximum atomic E-state index is 14.8. The summed E-state index contributed by atoms with van der Waals surface area (Å²) in [6.45, 7) is 7.41. The number of amidine groups is 1. The van der Waals surface area contributed by atoms with Crippen LogP contribution in [-0.2, 0) is 46.3 Å². The van der Waals surface area contributed by atoms with Gasteiger partial charge in [0.2, 0.25) is 6.41 Å². The summed E-state index contributed by atoms with van der Waals surface area (Å²) in [6, 6.07) is 16.9. The molecule has 1 fully saturated rings. The van der Waals surface area contributed by atoms with Gasteiger partial charge in [-0.1, -0.05) is 79.0 Å². The third-order valence-corrected chi connectivity index (χ3v) is 7.91. The molecule has 0 aliphatic carbocycles. The van der Waals surface area contributed by atoms with Crippen molar-refractivity contribution in [2.75, 3.05) is 13.7 Å². The molecule has 5 atom stereocenters. The molecule has 16 heteroatoms. The van der Waals surface area contributed by atoms with E-state index in [1.807, 2.05) is 74.5 Å². The number of amides is 1. The van der Waals surface area contributed by atoms with Crippen LogP contribution in [-0.4, -0.2) is 73.7 Å². The van der Waals surface area contributed by atoms with E-state index in [0.29, 0.717) is 12.2 Å². The zero-order valence-corrected chi connectivity index (χ0v) is 28.6. The minimum atomic E-state index is -1.81. The molecule has 1 heterocycles. The molecule has 5 unspecified atom stereocenters. The predicted molar refractivity (Wildman–Crippen MR) is 178 cm³/mol. The molecule has 13 nitrogen and oxygen atoms in total. The SMILES string of the molecule is CC.CN=C(/C=C\NC=O)NC1OC(COP(NC(C)C(=O)OCc2ccccc2)NC(C)C(=O)OCc2ccccc2)CC1F.OF. The highest BCUT2D eigenvalue weighted by Crippen LogP contribution is 2.32. The van der Waals surface area contributed by atoms with Crippen LogP contribution in [0.3, 0.4) is 0 Å². The van der Waals surface area contributed by atoms with Crippen molar-refractivity contribution in [1.29, 1.82) is 0 Å². The normalized spacial score (nSPS) is 19.0. The van der Waals surface area contributed by atoms with Crippen LogP contribution in [0.15, 0.2) is 77.9 Å². The summed E-state index contributed by atoms with van der Waals surface area (Å²) in [5.41, 5.74) is 1.68. The van der Waals surface area contributed by atoms with E-state index in [-0.39, 0.29) is 26.2 Å². The molecule has 3 rings (SSSR count). The molecule has 1 amide bonds. The molecule has 0 radical (unpaired) electrons.